The molecule has 0 saturated carbocycles. The van der Waals surface area contributed by atoms with Gasteiger partial charge < -0.3 is 9.64 Å². The third-order valence-corrected chi connectivity index (χ3v) is 3.56. The van der Waals surface area contributed by atoms with Crippen molar-refractivity contribution < 1.29 is 9.53 Å². The number of ether oxygens (including phenoxy) is 1. The number of nitrogens with zero attached hydrogens (tertiary/aromatic N) is 1. The standard InChI is InChI=1S/C16H32N2O2/c1-11(2)9-14-16(19)18(15(17-14)13(5)6)7-8-20-10-12(3)4/h11-15,17H,7-10H2,1-6H3. The topological polar surface area (TPSA) is 41.6 Å². The van der Waals surface area contributed by atoms with E-state index in [1.165, 1.54) is 0 Å². The maximum Gasteiger partial charge on any atom is 0.241 e. The fourth-order valence-corrected chi connectivity index (χ4v) is 2.63. The Morgan fingerprint density at radius 2 is 1.80 bits per heavy atom. The van der Waals surface area contributed by atoms with Gasteiger partial charge in [0.25, 0.3) is 0 Å². The zero-order valence-electron chi connectivity index (χ0n) is 14.0. The van der Waals surface area contributed by atoms with E-state index in [-0.39, 0.29) is 18.1 Å². The Morgan fingerprint density at radius 3 is 2.30 bits per heavy atom. The normalized spacial score (nSPS) is 23.6. The van der Waals surface area contributed by atoms with E-state index in [9.17, 15) is 4.79 Å². The second-order valence-corrected chi connectivity index (χ2v) is 7.04. The van der Waals surface area contributed by atoms with E-state index < -0.39 is 0 Å². The molecule has 20 heavy (non-hydrogen) atoms. The summed E-state index contributed by atoms with van der Waals surface area (Å²) in [6, 6.07) is -0.0208. The molecule has 1 aliphatic heterocycles. The minimum atomic E-state index is -0.0208. The minimum absolute atomic E-state index is 0.0208. The molecule has 1 rings (SSSR count). The highest BCUT2D eigenvalue weighted by Crippen LogP contribution is 2.21. The van der Waals surface area contributed by atoms with Crippen molar-refractivity contribution in [3.05, 3.63) is 0 Å². The first-order chi connectivity index (χ1) is 9.32. The monoisotopic (exact) mass is 284 g/mol. The summed E-state index contributed by atoms with van der Waals surface area (Å²) in [7, 11) is 0. The molecule has 0 spiro atoms. The molecular weight excluding hydrogens is 252 g/mol. The zero-order valence-corrected chi connectivity index (χ0v) is 14.0. The first kappa shape index (κ1) is 17.4. The largest absolute Gasteiger partial charge is 0.379 e. The molecule has 2 atom stereocenters. The molecule has 1 heterocycles. The Morgan fingerprint density at radius 1 is 1.15 bits per heavy atom. The molecule has 4 nitrogen and oxygen atoms in total. The molecule has 118 valence electrons. The van der Waals surface area contributed by atoms with E-state index in [1.54, 1.807) is 0 Å². The van der Waals surface area contributed by atoms with Crippen molar-refractivity contribution in [2.24, 2.45) is 17.8 Å². The second kappa shape index (κ2) is 7.99. The van der Waals surface area contributed by atoms with Gasteiger partial charge in [-0.05, 0) is 24.2 Å². The molecule has 1 aliphatic rings. The van der Waals surface area contributed by atoms with Crippen molar-refractivity contribution in [1.29, 1.82) is 0 Å². The summed E-state index contributed by atoms with van der Waals surface area (Å²) in [6.07, 6.45) is 1.06. The first-order valence-corrected chi connectivity index (χ1v) is 7.97. The zero-order chi connectivity index (χ0) is 15.3. The lowest BCUT2D eigenvalue weighted by Crippen LogP contribution is -2.43. The van der Waals surface area contributed by atoms with Gasteiger partial charge >= 0.3 is 0 Å². The highest BCUT2D eigenvalue weighted by molar-refractivity contribution is 5.84. The number of nitrogens with one attached hydrogen (secondary N) is 1. The lowest BCUT2D eigenvalue weighted by Gasteiger charge is -2.27. The van der Waals surface area contributed by atoms with Crippen molar-refractivity contribution in [1.82, 2.24) is 10.2 Å². The maximum atomic E-state index is 12.5. The molecule has 0 aromatic rings. The number of amides is 1. The molecule has 1 amide bonds. The smallest absolute Gasteiger partial charge is 0.241 e. The average Bonchev–Trinajstić information content (AvgIpc) is 2.62. The molecule has 1 N–H and O–H groups in total. The molecule has 0 radical (unpaired) electrons. The van der Waals surface area contributed by atoms with Crippen molar-refractivity contribution in [2.45, 2.75) is 60.2 Å². The fourth-order valence-electron chi connectivity index (χ4n) is 2.63. The number of carbonyl (C=O) groups is 1. The summed E-state index contributed by atoms with van der Waals surface area (Å²) in [5.74, 6) is 1.73. The molecule has 0 aromatic heterocycles. The molecule has 1 fully saturated rings. The lowest BCUT2D eigenvalue weighted by atomic mass is 10.0. The van der Waals surface area contributed by atoms with Gasteiger partial charge in [0.05, 0.1) is 18.8 Å². The van der Waals surface area contributed by atoms with Crippen LogP contribution >= 0.6 is 0 Å². The minimum Gasteiger partial charge on any atom is -0.379 e. The van der Waals surface area contributed by atoms with Crippen LogP contribution in [0.2, 0.25) is 0 Å². The maximum absolute atomic E-state index is 12.5. The number of rotatable bonds is 8. The van der Waals surface area contributed by atoms with Gasteiger partial charge in [-0.25, -0.2) is 0 Å². The van der Waals surface area contributed by atoms with Crippen LogP contribution in [0.15, 0.2) is 0 Å². The van der Waals surface area contributed by atoms with Crippen LogP contribution in [0.25, 0.3) is 0 Å². The third-order valence-electron chi connectivity index (χ3n) is 3.56. The lowest BCUT2D eigenvalue weighted by molar-refractivity contribution is -0.131. The predicted octanol–water partition coefficient (Wildman–Crippen LogP) is 2.49. The molecule has 0 aliphatic carbocycles. The van der Waals surface area contributed by atoms with Crippen molar-refractivity contribution in [3.63, 3.8) is 0 Å². The number of hydrogen-bond donors (Lipinski definition) is 1. The Labute approximate surface area is 124 Å². The first-order valence-electron chi connectivity index (χ1n) is 7.97. The Kier molecular flexibility index (Phi) is 6.96. The van der Waals surface area contributed by atoms with E-state index >= 15 is 0 Å². The van der Waals surface area contributed by atoms with Crippen LogP contribution in [0, 0.1) is 17.8 Å². The Hall–Kier alpha value is -0.610. The predicted molar refractivity (Wildman–Crippen MR) is 82.4 cm³/mol. The van der Waals surface area contributed by atoms with Crippen molar-refractivity contribution in [3.8, 4) is 0 Å². The highest BCUT2D eigenvalue weighted by Gasteiger charge is 2.39. The van der Waals surface area contributed by atoms with Crippen LogP contribution in [-0.2, 0) is 9.53 Å². The van der Waals surface area contributed by atoms with E-state index in [1.807, 2.05) is 4.90 Å². The summed E-state index contributed by atoms with van der Waals surface area (Å²) in [4.78, 5) is 14.5. The highest BCUT2D eigenvalue weighted by atomic mass is 16.5. The summed E-state index contributed by atoms with van der Waals surface area (Å²) in [5, 5.41) is 3.49. The molecule has 0 aromatic carbocycles. The van der Waals surface area contributed by atoms with Crippen LogP contribution in [0.5, 0.6) is 0 Å². The molecule has 1 saturated heterocycles. The molecule has 0 bridgehead atoms. The Balaban J connectivity index is 2.54. The van der Waals surface area contributed by atoms with Crippen LogP contribution < -0.4 is 5.32 Å². The van der Waals surface area contributed by atoms with Crippen molar-refractivity contribution >= 4 is 5.91 Å². The van der Waals surface area contributed by atoms with Gasteiger partial charge in [0.15, 0.2) is 0 Å². The van der Waals surface area contributed by atoms with Crippen molar-refractivity contribution in [2.75, 3.05) is 19.8 Å². The van der Waals surface area contributed by atoms with Gasteiger partial charge in [-0.15, -0.1) is 0 Å². The van der Waals surface area contributed by atoms with Gasteiger partial charge in [0, 0.05) is 13.2 Å². The quantitative estimate of drug-likeness (QED) is 0.696. The molecular formula is C16H32N2O2. The number of carbonyl (C=O) groups excluding carboxylic acids is 1. The summed E-state index contributed by atoms with van der Waals surface area (Å²) < 4.78 is 5.63. The summed E-state index contributed by atoms with van der Waals surface area (Å²) in [5.41, 5.74) is 0. The Bertz CT molecular complexity index is 303. The van der Waals surface area contributed by atoms with Crippen LogP contribution in [-0.4, -0.2) is 42.8 Å². The summed E-state index contributed by atoms with van der Waals surface area (Å²) >= 11 is 0. The van der Waals surface area contributed by atoms with E-state index in [2.05, 4.69) is 46.9 Å². The van der Waals surface area contributed by atoms with Gasteiger partial charge in [0.1, 0.15) is 0 Å². The average molecular weight is 284 g/mol. The van der Waals surface area contributed by atoms with E-state index in [0.29, 0.717) is 30.9 Å². The molecule has 4 heteroatoms. The SMILES string of the molecule is CC(C)COCCN1C(=O)C(CC(C)C)NC1C(C)C. The fraction of sp³-hybridized carbons (Fsp3) is 0.938. The van der Waals surface area contributed by atoms with Crippen LogP contribution in [0.1, 0.15) is 48.0 Å². The van der Waals surface area contributed by atoms with Crippen LogP contribution in [0.4, 0.5) is 0 Å². The van der Waals surface area contributed by atoms with E-state index in [4.69, 9.17) is 4.74 Å². The van der Waals surface area contributed by atoms with Gasteiger partial charge in [-0.1, -0.05) is 41.5 Å². The summed E-state index contributed by atoms with van der Waals surface area (Å²) in [6.45, 7) is 15.0. The van der Waals surface area contributed by atoms with Gasteiger partial charge in [-0.2, -0.15) is 0 Å². The van der Waals surface area contributed by atoms with Crippen LogP contribution in [0.3, 0.4) is 0 Å². The van der Waals surface area contributed by atoms with E-state index in [0.717, 1.165) is 13.0 Å². The molecule has 2 unspecified atom stereocenters. The second-order valence-electron chi connectivity index (χ2n) is 7.04. The third kappa shape index (κ3) is 5.06. The van der Waals surface area contributed by atoms with Gasteiger partial charge in [-0.3, -0.25) is 10.1 Å². The van der Waals surface area contributed by atoms with Gasteiger partial charge in [0.2, 0.25) is 5.91 Å². The number of hydrogen-bond acceptors (Lipinski definition) is 3.